The first kappa shape index (κ1) is 14.4. The smallest absolute Gasteiger partial charge is 0.319 e. The van der Waals surface area contributed by atoms with Crippen molar-refractivity contribution >= 4 is 0 Å². The predicted molar refractivity (Wildman–Crippen MR) is 79.8 cm³/mol. The summed E-state index contributed by atoms with van der Waals surface area (Å²) < 4.78 is 21.9. The maximum Gasteiger partial charge on any atom is 0.319 e. The first-order valence-electron chi connectivity index (χ1n) is 7.13. The lowest BCUT2D eigenvalue weighted by molar-refractivity contribution is 0.0849. The van der Waals surface area contributed by atoms with Gasteiger partial charge in [0.05, 0.1) is 19.9 Å². The van der Waals surface area contributed by atoms with Crippen LogP contribution < -0.4 is 18.9 Å². The molecule has 1 atom stereocenters. The zero-order valence-corrected chi connectivity index (χ0v) is 12.6. The molecule has 0 aliphatic carbocycles. The lowest BCUT2D eigenvalue weighted by Crippen LogP contribution is -2.29. The highest BCUT2D eigenvalue weighted by Gasteiger charge is 2.20. The molecule has 2 heterocycles. The molecule has 0 spiro atoms. The summed E-state index contributed by atoms with van der Waals surface area (Å²) in [4.78, 5) is 8.40. The second kappa shape index (κ2) is 6.51. The fourth-order valence-corrected chi connectivity index (χ4v) is 2.29. The van der Waals surface area contributed by atoms with Gasteiger partial charge in [-0.2, -0.15) is 4.98 Å². The number of para-hydroxylation sites is 2. The second-order valence-corrected chi connectivity index (χ2v) is 4.92. The average molecular weight is 302 g/mol. The third-order valence-corrected chi connectivity index (χ3v) is 3.42. The minimum atomic E-state index is 0.00172. The van der Waals surface area contributed by atoms with Crippen LogP contribution >= 0.6 is 0 Å². The number of rotatable bonds is 5. The predicted octanol–water partition coefficient (Wildman–Crippen LogP) is 2.27. The van der Waals surface area contributed by atoms with Gasteiger partial charge < -0.3 is 18.9 Å². The van der Waals surface area contributed by atoms with Crippen molar-refractivity contribution in [3.8, 4) is 23.4 Å². The van der Waals surface area contributed by atoms with Gasteiger partial charge in [-0.3, -0.25) is 0 Å². The van der Waals surface area contributed by atoms with E-state index in [1.165, 1.54) is 7.11 Å². The van der Waals surface area contributed by atoms with E-state index in [0.717, 1.165) is 30.0 Å². The molecule has 1 aromatic heterocycles. The Morgan fingerprint density at radius 1 is 1.14 bits per heavy atom. The van der Waals surface area contributed by atoms with Crippen LogP contribution in [0.3, 0.4) is 0 Å². The molecule has 2 aromatic rings. The van der Waals surface area contributed by atoms with Crippen LogP contribution in [0.25, 0.3) is 0 Å². The Bertz CT molecular complexity index is 626. The summed E-state index contributed by atoms with van der Waals surface area (Å²) in [6.45, 7) is 0.538. The van der Waals surface area contributed by atoms with E-state index in [2.05, 4.69) is 9.97 Å². The van der Waals surface area contributed by atoms with Crippen molar-refractivity contribution in [2.45, 2.75) is 18.9 Å². The molecule has 0 amide bonds. The van der Waals surface area contributed by atoms with Gasteiger partial charge >= 0.3 is 6.01 Å². The van der Waals surface area contributed by atoms with E-state index in [1.807, 2.05) is 24.3 Å². The Morgan fingerprint density at radius 3 is 2.73 bits per heavy atom. The topological polar surface area (TPSA) is 62.7 Å². The zero-order valence-electron chi connectivity index (χ0n) is 12.6. The lowest BCUT2D eigenvalue weighted by atomic mass is 10.1. The van der Waals surface area contributed by atoms with Crippen LogP contribution in [0.2, 0.25) is 0 Å². The van der Waals surface area contributed by atoms with E-state index in [1.54, 1.807) is 13.2 Å². The number of ether oxygens (including phenoxy) is 4. The summed E-state index contributed by atoms with van der Waals surface area (Å²) in [6.07, 6.45) is 1.52. The Balaban J connectivity index is 1.64. The summed E-state index contributed by atoms with van der Waals surface area (Å²) in [5, 5.41) is 0. The maximum atomic E-state index is 5.94. The summed E-state index contributed by atoms with van der Waals surface area (Å²) in [5.74, 6) is 2.08. The highest BCUT2D eigenvalue weighted by molar-refractivity contribution is 5.40. The number of hydrogen-bond acceptors (Lipinski definition) is 6. The molecule has 3 rings (SSSR count). The van der Waals surface area contributed by atoms with Crippen molar-refractivity contribution in [1.29, 1.82) is 0 Å². The molecule has 6 heteroatoms. The number of benzene rings is 1. The van der Waals surface area contributed by atoms with Crippen molar-refractivity contribution in [2.24, 2.45) is 0 Å². The lowest BCUT2D eigenvalue weighted by Gasteiger charge is -2.26. The minimum absolute atomic E-state index is 0.00172. The first-order chi connectivity index (χ1) is 10.8. The number of hydrogen-bond donors (Lipinski definition) is 0. The van der Waals surface area contributed by atoms with Gasteiger partial charge in [-0.1, -0.05) is 12.1 Å². The third kappa shape index (κ3) is 3.21. The molecule has 0 fully saturated rings. The van der Waals surface area contributed by atoms with E-state index in [9.17, 15) is 0 Å². The van der Waals surface area contributed by atoms with Crippen molar-refractivity contribution in [2.75, 3.05) is 20.8 Å². The van der Waals surface area contributed by atoms with Crippen molar-refractivity contribution in [3.05, 3.63) is 36.0 Å². The Kier molecular flexibility index (Phi) is 4.27. The quantitative estimate of drug-likeness (QED) is 0.844. The van der Waals surface area contributed by atoms with Crippen LogP contribution in [-0.2, 0) is 6.42 Å². The summed E-state index contributed by atoms with van der Waals surface area (Å²) in [6, 6.07) is 9.80. The standard InChI is InChI=1S/C16H18N2O4/c1-19-15-9-11(17-16(18-15)20-2)7-8-12-10-21-13-5-3-4-6-14(13)22-12/h3-6,9,12H,7-8,10H2,1-2H3/t12-/m0/s1. The highest BCUT2D eigenvalue weighted by atomic mass is 16.6. The SMILES string of the molecule is COc1cc(CC[C@H]2COc3ccccc3O2)nc(OC)n1. The molecule has 22 heavy (non-hydrogen) atoms. The largest absolute Gasteiger partial charge is 0.486 e. The molecule has 0 bridgehead atoms. The maximum absolute atomic E-state index is 5.94. The molecule has 0 unspecified atom stereocenters. The van der Waals surface area contributed by atoms with Crippen LogP contribution in [0, 0.1) is 0 Å². The molecule has 0 saturated heterocycles. The van der Waals surface area contributed by atoms with Crippen LogP contribution in [0.4, 0.5) is 0 Å². The number of aromatic nitrogens is 2. The van der Waals surface area contributed by atoms with Gasteiger partial charge in [0.15, 0.2) is 11.5 Å². The fraction of sp³-hybridized carbons (Fsp3) is 0.375. The molecule has 0 saturated carbocycles. The first-order valence-corrected chi connectivity index (χ1v) is 7.13. The average Bonchev–Trinajstić information content (AvgIpc) is 2.59. The van der Waals surface area contributed by atoms with Gasteiger partial charge in [-0.25, -0.2) is 4.98 Å². The van der Waals surface area contributed by atoms with Gasteiger partial charge in [0.25, 0.3) is 0 Å². The fourth-order valence-electron chi connectivity index (χ4n) is 2.29. The van der Waals surface area contributed by atoms with E-state index in [-0.39, 0.29) is 6.10 Å². The Labute approximate surface area is 129 Å². The summed E-state index contributed by atoms with van der Waals surface area (Å²) >= 11 is 0. The Morgan fingerprint density at radius 2 is 1.95 bits per heavy atom. The normalized spacial score (nSPS) is 16.2. The van der Waals surface area contributed by atoms with Gasteiger partial charge in [0.1, 0.15) is 12.7 Å². The van der Waals surface area contributed by atoms with Gasteiger partial charge in [0.2, 0.25) is 5.88 Å². The molecule has 1 aliphatic rings. The monoisotopic (exact) mass is 302 g/mol. The van der Waals surface area contributed by atoms with Crippen LogP contribution in [0.1, 0.15) is 12.1 Å². The van der Waals surface area contributed by atoms with Crippen molar-refractivity contribution < 1.29 is 18.9 Å². The zero-order chi connectivity index (χ0) is 15.4. The number of methoxy groups -OCH3 is 2. The Hall–Kier alpha value is -2.50. The van der Waals surface area contributed by atoms with E-state index >= 15 is 0 Å². The van der Waals surface area contributed by atoms with Gasteiger partial charge in [0, 0.05) is 6.07 Å². The van der Waals surface area contributed by atoms with Crippen LogP contribution in [0.5, 0.6) is 23.4 Å². The molecular weight excluding hydrogens is 284 g/mol. The van der Waals surface area contributed by atoms with Crippen LogP contribution in [0.15, 0.2) is 30.3 Å². The second-order valence-electron chi connectivity index (χ2n) is 4.92. The molecule has 116 valence electrons. The molecule has 6 nitrogen and oxygen atoms in total. The van der Waals surface area contributed by atoms with Crippen LogP contribution in [-0.4, -0.2) is 36.9 Å². The molecular formula is C16H18N2O4. The molecule has 0 N–H and O–H groups in total. The number of fused-ring (bicyclic) bond motifs is 1. The van der Waals surface area contributed by atoms with Gasteiger partial charge in [-0.05, 0) is 25.0 Å². The van der Waals surface area contributed by atoms with E-state index in [0.29, 0.717) is 18.5 Å². The van der Waals surface area contributed by atoms with Crippen molar-refractivity contribution in [3.63, 3.8) is 0 Å². The highest BCUT2D eigenvalue weighted by Crippen LogP contribution is 2.31. The molecule has 1 aliphatic heterocycles. The van der Waals surface area contributed by atoms with Crippen molar-refractivity contribution in [1.82, 2.24) is 9.97 Å². The number of aryl methyl sites for hydroxylation is 1. The summed E-state index contributed by atoms with van der Waals surface area (Å²) in [5.41, 5.74) is 0.853. The third-order valence-electron chi connectivity index (χ3n) is 3.42. The summed E-state index contributed by atoms with van der Waals surface area (Å²) in [7, 11) is 3.11. The van der Waals surface area contributed by atoms with E-state index < -0.39 is 0 Å². The minimum Gasteiger partial charge on any atom is -0.486 e. The number of nitrogens with zero attached hydrogens (tertiary/aromatic N) is 2. The molecule has 0 radical (unpaired) electrons. The molecule has 1 aromatic carbocycles. The van der Waals surface area contributed by atoms with Gasteiger partial charge in [-0.15, -0.1) is 0 Å². The van der Waals surface area contributed by atoms with E-state index in [4.69, 9.17) is 18.9 Å².